The van der Waals surface area contributed by atoms with E-state index in [1.807, 2.05) is 30.3 Å². The number of thiocarbonyl (C=S) groups is 1. The van der Waals surface area contributed by atoms with E-state index in [0.717, 1.165) is 11.3 Å². The van der Waals surface area contributed by atoms with E-state index in [0.29, 0.717) is 15.7 Å². The fourth-order valence-electron chi connectivity index (χ4n) is 2.20. The first-order valence-corrected chi connectivity index (χ1v) is 8.19. The zero-order chi connectivity index (χ0) is 17.8. The summed E-state index contributed by atoms with van der Waals surface area (Å²) >= 11 is 11.1. The van der Waals surface area contributed by atoms with E-state index in [2.05, 4.69) is 21.2 Å². The maximum absolute atomic E-state index is 12.3. The van der Waals surface area contributed by atoms with Crippen LogP contribution >= 0.6 is 23.8 Å². The Kier molecular flexibility index (Phi) is 5.06. The zero-order valence-corrected chi connectivity index (χ0v) is 14.8. The van der Waals surface area contributed by atoms with Gasteiger partial charge in [-0.15, -0.1) is 5.10 Å². The number of hydrogen-bond acceptors (Lipinski definition) is 4. The molecule has 0 aliphatic heterocycles. The number of rotatable bonds is 3. The third-order valence-corrected chi connectivity index (χ3v) is 4.10. The third-order valence-electron chi connectivity index (χ3n) is 3.51. The van der Waals surface area contributed by atoms with Crippen LogP contribution in [0, 0.1) is 6.92 Å². The summed E-state index contributed by atoms with van der Waals surface area (Å²) in [6.07, 6.45) is 0. The lowest BCUT2D eigenvalue weighted by Gasteiger charge is -2.09. The molecule has 2 aromatic carbocycles. The van der Waals surface area contributed by atoms with Crippen molar-refractivity contribution < 1.29 is 4.79 Å². The summed E-state index contributed by atoms with van der Waals surface area (Å²) in [5, 5.41) is 8.60. The second-order valence-corrected chi connectivity index (χ2v) is 6.03. The van der Waals surface area contributed by atoms with Crippen molar-refractivity contribution in [2.24, 2.45) is 0 Å². The normalized spacial score (nSPS) is 10.3. The summed E-state index contributed by atoms with van der Waals surface area (Å²) in [6.45, 7) is 1.76. The van der Waals surface area contributed by atoms with Crippen molar-refractivity contribution in [3.05, 3.63) is 76.6 Å². The molecule has 1 amide bonds. The van der Waals surface area contributed by atoms with Gasteiger partial charge in [0.1, 0.15) is 4.99 Å². The van der Waals surface area contributed by atoms with Crippen LogP contribution in [0.15, 0.2) is 54.6 Å². The van der Waals surface area contributed by atoms with Crippen molar-refractivity contribution in [1.82, 2.24) is 25.8 Å². The number of benzene rings is 2. The molecule has 25 heavy (non-hydrogen) atoms. The minimum absolute atomic E-state index is 0.207. The summed E-state index contributed by atoms with van der Waals surface area (Å²) < 4.78 is 1.57. The average molecular weight is 372 g/mol. The molecule has 1 heterocycles. The van der Waals surface area contributed by atoms with Crippen LogP contribution in [0.4, 0.5) is 0 Å². The lowest BCUT2D eigenvalue weighted by molar-refractivity contribution is 0.0938. The summed E-state index contributed by atoms with van der Waals surface area (Å²) in [7, 11) is 0. The SMILES string of the molecule is Cc1c(C(=O)NNC(=S)c2ccccc2)nnn1-c1ccc(Cl)cc1. The first-order valence-electron chi connectivity index (χ1n) is 7.40. The smallest absolute Gasteiger partial charge is 0.287 e. The number of aromatic nitrogens is 3. The maximum atomic E-state index is 12.3. The van der Waals surface area contributed by atoms with Crippen molar-refractivity contribution >= 4 is 34.7 Å². The Morgan fingerprint density at radius 2 is 1.76 bits per heavy atom. The van der Waals surface area contributed by atoms with E-state index in [-0.39, 0.29) is 5.69 Å². The molecule has 0 saturated heterocycles. The molecule has 1 aromatic heterocycles. The monoisotopic (exact) mass is 371 g/mol. The summed E-state index contributed by atoms with van der Waals surface area (Å²) in [5.74, 6) is -0.420. The number of amides is 1. The average Bonchev–Trinajstić information content (AvgIpc) is 3.02. The molecule has 0 aliphatic carbocycles. The lowest BCUT2D eigenvalue weighted by Crippen LogP contribution is -2.41. The second-order valence-electron chi connectivity index (χ2n) is 5.19. The van der Waals surface area contributed by atoms with Crippen LogP contribution in [-0.2, 0) is 0 Å². The van der Waals surface area contributed by atoms with Crippen LogP contribution < -0.4 is 10.9 Å². The van der Waals surface area contributed by atoms with Crippen LogP contribution in [0.1, 0.15) is 21.7 Å². The Hall–Kier alpha value is -2.77. The van der Waals surface area contributed by atoms with Crippen LogP contribution in [0.5, 0.6) is 0 Å². The molecule has 0 fully saturated rings. The van der Waals surface area contributed by atoms with Crippen molar-refractivity contribution in [3.8, 4) is 5.69 Å². The van der Waals surface area contributed by atoms with Crippen LogP contribution in [0.3, 0.4) is 0 Å². The molecule has 0 atom stereocenters. The number of hydrazine groups is 1. The van der Waals surface area contributed by atoms with E-state index >= 15 is 0 Å². The zero-order valence-electron chi connectivity index (χ0n) is 13.2. The van der Waals surface area contributed by atoms with Gasteiger partial charge in [0.05, 0.1) is 11.4 Å². The third kappa shape index (κ3) is 3.84. The van der Waals surface area contributed by atoms with Gasteiger partial charge in [0, 0.05) is 10.6 Å². The predicted molar refractivity (Wildman–Crippen MR) is 99.8 cm³/mol. The summed E-state index contributed by atoms with van der Waals surface area (Å²) in [4.78, 5) is 12.7. The minimum Gasteiger partial charge on any atom is -0.287 e. The molecule has 0 radical (unpaired) electrons. The largest absolute Gasteiger partial charge is 0.292 e. The van der Waals surface area contributed by atoms with E-state index in [1.54, 1.807) is 35.9 Å². The van der Waals surface area contributed by atoms with Gasteiger partial charge >= 0.3 is 0 Å². The molecule has 2 N–H and O–H groups in total. The highest BCUT2D eigenvalue weighted by atomic mass is 35.5. The second kappa shape index (κ2) is 7.42. The number of carbonyl (C=O) groups is 1. The highest BCUT2D eigenvalue weighted by Gasteiger charge is 2.17. The number of hydrogen-bond donors (Lipinski definition) is 2. The Morgan fingerprint density at radius 1 is 1.08 bits per heavy atom. The topological polar surface area (TPSA) is 71.8 Å². The van der Waals surface area contributed by atoms with Gasteiger partial charge in [0.2, 0.25) is 0 Å². The number of nitrogens with one attached hydrogen (secondary N) is 2. The van der Waals surface area contributed by atoms with Crippen LogP contribution in [0.25, 0.3) is 5.69 Å². The first kappa shape index (κ1) is 17.1. The number of nitrogens with zero attached hydrogens (tertiary/aromatic N) is 3. The van der Waals surface area contributed by atoms with Gasteiger partial charge in [-0.05, 0) is 31.2 Å². The molecule has 0 spiro atoms. The van der Waals surface area contributed by atoms with Crippen LogP contribution in [-0.4, -0.2) is 25.9 Å². The molecule has 6 nitrogen and oxygen atoms in total. The minimum atomic E-state index is -0.420. The van der Waals surface area contributed by atoms with Gasteiger partial charge in [-0.1, -0.05) is 59.4 Å². The molecule has 0 unspecified atom stereocenters. The number of halogens is 1. The molecular formula is C17H14ClN5OS. The Balaban J connectivity index is 1.71. The molecular weight excluding hydrogens is 358 g/mol. The lowest BCUT2D eigenvalue weighted by atomic mass is 10.2. The standard InChI is InChI=1S/C17H14ClN5OS/c1-11-15(19-22-23(11)14-9-7-13(18)8-10-14)16(24)20-21-17(25)12-5-3-2-4-6-12/h2-10H,1H3,(H,20,24)(H,21,25). The number of carbonyl (C=O) groups excluding carboxylic acids is 1. The predicted octanol–water partition coefficient (Wildman–Crippen LogP) is 2.84. The molecule has 3 rings (SSSR count). The van der Waals surface area contributed by atoms with E-state index < -0.39 is 5.91 Å². The summed E-state index contributed by atoms with van der Waals surface area (Å²) in [6, 6.07) is 16.4. The quantitative estimate of drug-likeness (QED) is 0.547. The van der Waals surface area contributed by atoms with Crippen molar-refractivity contribution in [2.45, 2.75) is 6.92 Å². The Bertz CT molecular complexity index is 909. The first-order chi connectivity index (χ1) is 12.1. The van der Waals surface area contributed by atoms with Crippen molar-refractivity contribution in [1.29, 1.82) is 0 Å². The molecule has 8 heteroatoms. The van der Waals surface area contributed by atoms with E-state index in [1.165, 1.54) is 0 Å². The Morgan fingerprint density at radius 3 is 2.44 bits per heavy atom. The fourth-order valence-corrected chi connectivity index (χ4v) is 2.51. The Labute approximate surface area is 154 Å². The van der Waals surface area contributed by atoms with Gasteiger partial charge in [-0.2, -0.15) is 0 Å². The molecule has 126 valence electrons. The van der Waals surface area contributed by atoms with Crippen LogP contribution in [0.2, 0.25) is 5.02 Å². The van der Waals surface area contributed by atoms with Gasteiger partial charge in [-0.25, -0.2) is 4.68 Å². The highest BCUT2D eigenvalue weighted by Crippen LogP contribution is 2.15. The fraction of sp³-hybridized carbons (Fsp3) is 0.0588. The van der Waals surface area contributed by atoms with Crippen molar-refractivity contribution in [3.63, 3.8) is 0 Å². The van der Waals surface area contributed by atoms with Gasteiger partial charge in [-0.3, -0.25) is 15.6 Å². The summed E-state index contributed by atoms with van der Waals surface area (Å²) in [5.41, 5.74) is 7.64. The van der Waals surface area contributed by atoms with Crippen molar-refractivity contribution in [2.75, 3.05) is 0 Å². The highest BCUT2D eigenvalue weighted by molar-refractivity contribution is 7.80. The molecule has 3 aromatic rings. The molecule has 0 saturated carbocycles. The van der Waals surface area contributed by atoms with E-state index in [9.17, 15) is 4.79 Å². The molecule has 0 bridgehead atoms. The van der Waals surface area contributed by atoms with Gasteiger partial charge < -0.3 is 0 Å². The van der Waals surface area contributed by atoms with Gasteiger partial charge in [0.15, 0.2) is 5.69 Å². The molecule has 0 aliphatic rings. The van der Waals surface area contributed by atoms with E-state index in [4.69, 9.17) is 23.8 Å². The maximum Gasteiger partial charge on any atom is 0.292 e. The van der Waals surface area contributed by atoms with Gasteiger partial charge in [0.25, 0.3) is 5.91 Å².